The lowest BCUT2D eigenvalue weighted by molar-refractivity contribution is -0.188. The summed E-state index contributed by atoms with van der Waals surface area (Å²) >= 11 is 0. The van der Waals surface area contributed by atoms with E-state index in [1.54, 1.807) is 0 Å². The summed E-state index contributed by atoms with van der Waals surface area (Å²) in [7, 11) is 0. The van der Waals surface area contributed by atoms with Crippen LogP contribution < -0.4 is 0 Å². The van der Waals surface area contributed by atoms with E-state index < -0.39 is 0 Å². The van der Waals surface area contributed by atoms with Gasteiger partial charge in [-0.05, 0) is 33.6 Å². The van der Waals surface area contributed by atoms with Gasteiger partial charge in [-0.2, -0.15) is 0 Å². The molecule has 0 aliphatic heterocycles. The van der Waals surface area contributed by atoms with Crippen LogP contribution in [-0.2, 0) is 9.47 Å². The first-order valence-electron chi connectivity index (χ1n) is 4.60. The quantitative estimate of drug-likeness (QED) is 0.610. The molecular weight excluding hydrogens is 152 g/mol. The molecule has 0 aromatic carbocycles. The van der Waals surface area contributed by atoms with Crippen molar-refractivity contribution in [2.75, 3.05) is 6.61 Å². The lowest BCUT2D eigenvalue weighted by Crippen LogP contribution is -2.28. The van der Waals surface area contributed by atoms with E-state index in [-0.39, 0.29) is 11.9 Å². The minimum Gasteiger partial charge on any atom is -0.353 e. The van der Waals surface area contributed by atoms with Gasteiger partial charge in [0.1, 0.15) is 0 Å². The summed E-state index contributed by atoms with van der Waals surface area (Å²) in [6, 6.07) is 0. The third-order valence-corrected chi connectivity index (χ3v) is 1.18. The van der Waals surface area contributed by atoms with Crippen molar-refractivity contribution in [2.45, 2.75) is 53.4 Å². The Morgan fingerprint density at radius 2 is 1.58 bits per heavy atom. The summed E-state index contributed by atoms with van der Waals surface area (Å²) in [6.07, 6.45) is -0.104. The van der Waals surface area contributed by atoms with Crippen molar-refractivity contribution in [2.24, 2.45) is 5.92 Å². The monoisotopic (exact) mass is 174 g/mol. The van der Waals surface area contributed by atoms with Gasteiger partial charge in [0.15, 0.2) is 6.29 Å². The molecule has 1 unspecified atom stereocenters. The normalized spacial score (nSPS) is 15.2. The molecule has 0 N–H and O–H groups in total. The van der Waals surface area contributed by atoms with Crippen molar-refractivity contribution in [3.63, 3.8) is 0 Å². The summed E-state index contributed by atoms with van der Waals surface area (Å²) in [6.45, 7) is 13.0. The highest BCUT2D eigenvalue weighted by Gasteiger charge is 2.15. The molecule has 0 radical (unpaired) electrons. The number of rotatable bonds is 4. The fourth-order valence-corrected chi connectivity index (χ4v) is 0.860. The molecule has 0 spiro atoms. The number of hydrogen-bond acceptors (Lipinski definition) is 2. The predicted molar refractivity (Wildman–Crippen MR) is 51.1 cm³/mol. The van der Waals surface area contributed by atoms with Gasteiger partial charge < -0.3 is 9.47 Å². The minimum absolute atomic E-state index is 0.104. The minimum atomic E-state index is -0.115. The Balaban J connectivity index is 3.53. The molecule has 12 heavy (non-hydrogen) atoms. The molecule has 2 nitrogen and oxygen atoms in total. The SMILES string of the molecule is CC(C)COC(C)OC(C)(C)C. The van der Waals surface area contributed by atoms with Crippen LogP contribution in [0.1, 0.15) is 41.5 Å². The van der Waals surface area contributed by atoms with Gasteiger partial charge in [0.05, 0.1) is 12.2 Å². The summed E-state index contributed by atoms with van der Waals surface area (Å²) in [5, 5.41) is 0. The number of hydrogen-bond donors (Lipinski definition) is 0. The zero-order valence-corrected chi connectivity index (χ0v) is 9.18. The Kier molecular flexibility index (Phi) is 4.80. The van der Waals surface area contributed by atoms with Gasteiger partial charge >= 0.3 is 0 Å². The van der Waals surface area contributed by atoms with Crippen molar-refractivity contribution in [1.82, 2.24) is 0 Å². The topological polar surface area (TPSA) is 18.5 Å². The van der Waals surface area contributed by atoms with E-state index in [1.807, 2.05) is 27.7 Å². The first-order valence-corrected chi connectivity index (χ1v) is 4.60. The van der Waals surface area contributed by atoms with Gasteiger partial charge in [-0.15, -0.1) is 0 Å². The van der Waals surface area contributed by atoms with E-state index in [4.69, 9.17) is 9.47 Å². The Morgan fingerprint density at radius 3 is 1.92 bits per heavy atom. The summed E-state index contributed by atoms with van der Waals surface area (Å²) in [4.78, 5) is 0. The van der Waals surface area contributed by atoms with Crippen LogP contribution in [0.25, 0.3) is 0 Å². The van der Waals surface area contributed by atoms with Crippen LogP contribution in [0.5, 0.6) is 0 Å². The van der Waals surface area contributed by atoms with E-state index in [0.29, 0.717) is 5.92 Å². The zero-order chi connectivity index (χ0) is 9.78. The van der Waals surface area contributed by atoms with Gasteiger partial charge in [0.25, 0.3) is 0 Å². The van der Waals surface area contributed by atoms with E-state index >= 15 is 0 Å². The molecule has 0 aliphatic carbocycles. The van der Waals surface area contributed by atoms with Crippen molar-refractivity contribution in [3.05, 3.63) is 0 Å². The van der Waals surface area contributed by atoms with E-state index in [0.717, 1.165) is 6.61 Å². The molecule has 0 heterocycles. The second-order valence-corrected chi connectivity index (χ2v) is 4.53. The molecule has 0 saturated carbocycles. The molecular formula is C10H22O2. The maximum atomic E-state index is 5.57. The fraction of sp³-hybridized carbons (Fsp3) is 1.00. The van der Waals surface area contributed by atoms with Crippen LogP contribution in [-0.4, -0.2) is 18.5 Å². The molecule has 0 fully saturated rings. The Morgan fingerprint density at radius 1 is 1.08 bits per heavy atom. The lowest BCUT2D eigenvalue weighted by atomic mass is 10.2. The highest BCUT2D eigenvalue weighted by molar-refractivity contribution is 4.59. The molecule has 0 amide bonds. The third kappa shape index (κ3) is 8.02. The first kappa shape index (κ1) is 11.9. The van der Waals surface area contributed by atoms with Crippen LogP contribution in [0, 0.1) is 5.92 Å². The summed E-state index contributed by atoms with van der Waals surface area (Å²) in [5.74, 6) is 0.566. The van der Waals surface area contributed by atoms with Crippen molar-refractivity contribution < 1.29 is 9.47 Å². The number of ether oxygens (including phenoxy) is 2. The van der Waals surface area contributed by atoms with Crippen LogP contribution in [0.2, 0.25) is 0 Å². The van der Waals surface area contributed by atoms with E-state index in [1.165, 1.54) is 0 Å². The molecule has 0 rings (SSSR count). The van der Waals surface area contributed by atoms with E-state index in [9.17, 15) is 0 Å². The van der Waals surface area contributed by atoms with Crippen molar-refractivity contribution in [3.8, 4) is 0 Å². The second kappa shape index (κ2) is 4.83. The maximum absolute atomic E-state index is 5.57. The van der Waals surface area contributed by atoms with Crippen molar-refractivity contribution in [1.29, 1.82) is 0 Å². The van der Waals surface area contributed by atoms with Gasteiger partial charge in [0, 0.05) is 0 Å². The average Bonchev–Trinajstić information content (AvgIpc) is 1.79. The van der Waals surface area contributed by atoms with Crippen molar-refractivity contribution >= 4 is 0 Å². The molecule has 0 aromatic rings. The predicted octanol–water partition coefficient (Wildman–Crippen LogP) is 2.82. The molecule has 0 aromatic heterocycles. The second-order valence-electron chi connectivity index (χ2n) is 4.53. The highest BCUT2D eigenvalue weighted by atomic mass is 16.7. The van der Waals surface area contributed by atoms with Crippen LogP contribution in [0.4, 0.5) is 0 Å². The highest BCUT2D eigenvalue weighted by Crippen LogP contribution is 2.11. The molecule has 0 bridgehead atoms. The molecule has 2 heteroatoms. The summed E-state index contributed by atoms with van der Waals surface area (Å²) < 4.78 is 11.0. The van der Waals surface area contributed by atoms with E-state index in [2.05, 4.69) is 13.8 Å². The summed E-state index contributed by atoms with van der Waals surface area (Å²) in [5.41, 5.74) is -0.115. The van der Waals surface area contributed by atoms with Gasteiger partial charge in [-0.3, -0.25) is 0 Å². The van der Waals surface area contributed by atoms with Gasteiger partial charge in [0.2, 0.25) is 0 Å². The standard InChI is InChI=1S/C10H22O2/c1-8(2)7-11-9(3)12-10(4,5)6/h8-9H,7H2,1-6H3. The Bertz CT molecular complexity index is 113. The molecule has 74 valence electrons. The van der Waals surface area contributed by atoms with Crippen LogP contribution >= 0.6 is 0 Å². The molecule has 0 aliphatic rings. The first-order chi connectivity index (χ1) is 5.31. The van der Waals surface area contributed by atoms with Crippen LogP contribution in [0.3, 0.4) is 0 Å². The largest absolute Gasteiger partial charge is 0.353 e. The van der Waals surface area contributed by atoms with Crippen LogP contribution in [0.15, 0.2) is 0 Å². The smallest absolute Gasteiger partial charge is 0.155 e. The molecule has 0 saturated heterocycles. The van der Waals surface area contributed by atoms with Gasteiger partial charge in [-0.25, -0.2) is 0 Å². The third-order valence-electron chi connectivity index (χ3n) is 1.18. The average molecular weight is 174 g/mol. The fourth-order valence-electron chi connectivity index (χ4n) is 0.860. The van der Waals surface area contributed by atoms with Gasteiger partial charge in [-0.1, -0.05) is 13.8 Å². The Labute approximate surface area is 76.3 Å². The maximum Gasteiger partial charge on any atom is 0.155 e. The lowest BCUT2D eigenvalue weighted by Gasteiger charge is -2.25. The zero-order valence-electron chi connectivity index (χ0n) is 9.18. The molecule has 1 atom stereocenters. The Hall–Kier alpha value is -0.0800.